The highest BCUT2D eigenvalue weighted by molar-refractivity contribution is 6.37. The molecule has 1 heterocycles. The van der Waals surface area contributed by atoms with Crippen molar-refractivity contribution in [2.45, 2.75) is 13.8 Å². The maximum Gasteiger partial charge on any atom is 0.396 e. The van der Waals surface area contributed by atoms with Crippen LogP contribution in [0.25, 0.3) is 0 Å². The number of carbonyl (C=O) groups is 2. The third-order valence-corrected chi connectivity index (χ3v) is 1.84. The van der Waals surface area contributed by atoms with E-state index >= 15 is 0 Å². The van der Waals surface area contributed by atoms with Crippen molar-refractivity contribution in [3.8, 4) is 0 Å². The van der Waals surface area contributed by atoms with Crippen molar-refractivity contribution < 1.29 is 14.3 Å². The number of hydrogen-bond acceptors (Lipinski definition) is 4. The van der Waals surface area contributed by atoms with E-state index in [4.69, 9.17) is 0 Å². The summed E-state index contributed by atoms with van der Waals surface area (Å²) in [6.45, 7) is 3.60. The Morgan fingerprint density at radius 3 is 2.53 bits per heavy atom. The minimum absolute atomic E-state index is 0.510. The van der Waals surface area contributed by atoms with Gasteiger partial charge in [-0.3, -0.25) is 9.78 Å². The van der Waals surface area contributed by atoms with Gasteiger partial charge in [0.2, 0.25) is 0 Å². The number of aromatic nitrogens is 1. The largest absolute Gasteiger partial charge is 0.462 e. The van der Waals surface area contributed by atoms with Gasteiger partial charge in [0.1, 0.15) is 0 Å². The first-order chi connectivity index (χ1) is 7.04. The van der Waals surface area contributed by atoms with Crippen molar-refractivity contribution in [2.75, 3.05) is 12.4 Å². The fourth-order valence-electron chi connectivity index (χ4n) is 1.08. The number of nitrogens with zero attached hydrogens (tertiary/aromatic N) is 1. The molecule has 0 fully saturated rings. The second-order valence-corrected chi connectivity index (χ2v) is 3.03. The molecule has 0 saturated heterocycles. The number of amides is 1. The summed E-state index contributed by atoms with van der Waals surface area (Å²) in [6.07, 6.45) is 0. The topological polar surface area (TPSA) is 68.3 Å². The predicted molar refractivity (Wildman–Crippen MR) is 54.4 cm³/mol. The minimum Gasteiger partial charge on any atom is -0.462 e. The number of methoxy groups -OCH3 is 1. The summed E-state index contributed by atoms with van der Waals surface area (Å²) < 4.78 is 4.28. The van der Waals surface area contributed by atoms with Crippen LogP contribution in [0.15, 0.2) is 12.1 Å². The molecular formula is C10H12N2O3. The van der Waals surface area contributed by atoms with Gasteiger partial charge in [-0.05, 0) is 26.0 Å². The molecule has 0 aliphatic heterocycles. The molecule has 1 amide bonds. The Balaban J connectivity index is 2.81. The molecule has 1 rings (SSSR count). The molecule has 0 aromatic carbocycles. The Hall–Kier alpha value is -1.91. The Labute approximate surface area is 87.5 Å². The quantitative estimate of drug-likeness (QED) is 0.547. The highest BCUT2D eigenvalue weighted by atomic mass is 16.5. The van der Waals surface area contributed by atoms with Crippen molar-refractivity contribution in [1.82, 2.24) is 4.98 Å². The molecule has 0 aliphatic rings. The van der Waals surface area contributed by atoms with E-state index in [1.807, 2.05) is 6.92 Å². The molecule has 80 valence electrons. The zero-order chi connectivity index (χ0) is 11.4. The monoisotopic (exact) mass is 208 g/mol. The van der Waals surface area contributed by atoms with Crippen molar-refractivity contribution in [3.05, 3.63) is 23.5 Å². The van der Waals surface area contributed by atoms with Crippen LogP contribution in [0.3, 0.4) is 0 Å². The van der Waals surface area contributed by atoms with E-state index in [0.717, 1.165) is 12.8 Å². The number of esters is 1. The summed E-state index contributed by atoms with van der Waals surface area (Å²) in [5, 5.41) is 2.41. The number of nitrogens with one attached hydrogen (secondary N) is 1. The van der Waals surface area contributed by atoms with Crippen LogP contribution in [-0.2, 0) is 14.3 Å². The number of aryl methyl sites for hydroxylation is 2. The van der Waals surface area contributed by atoms with Gasteiger partial charge in [-0.1, -0.05) is 0 Å². The van der Waals surface area contributed by atoms with Crippen LogP contribution < -0.4 is 5.32 Å². The molecule has 0 bridgehead atoms. The van der Waals surface area contributed by atoms with Gasteiger partial charge in [0.05, 0.1) is 18.5 Å². The van der Waals surface area contributed by atoms with E-state index in [1.54, 1.807) is 19.1 Å². The summed E-state index contributed by atoms with van der Waals surface area (Å²) in [5.74, 6) is -1.72. The van der Waals surface area contributed by atoms with E-state index in [2.05, 4.69) is 15.0 Å². The van der Waals surface area contributed by atoms with Crippen molar-refractivity contribution in [1.29, 1.82) is 0 Å². The third-order valence-electron chi connectivity index (χ3n) is 1.84. The van der Waals surface area contributed by atoms with Crippen molar-refractivity contribution >= 4 is 17.6 Å². The highest BCUT2D eigenvalue weighted by Crippen LogP contribution is 2.12. The average molecular weight is 208 g/mol. The lowest BCUT2D eigenvalue weighted by Gasteiger charge is -2.06. The van der Waals surface area contributed by atoms with Gasteiger partial charge in [-0.25, -0.2) is 4.79 Å². The molecule has 0 aliphatic carbocycles. The Morgan fingerprint density at radius 2 is 2.00 bits per heavy atom. The summed E-state index contributed by atoms with van der Waals surface area (Å²) in [4.78, 5) is 26.2. The standard InChI is InChI=1S/C10H12N2O3/c1-6-4-5-8(7(2)11-6)12-9(13)10(14)15-3/h4-5H,1-3H3,(H,12,13). The second-order valence-electron chi connectivity index (χ2n) is 3.03. The first kappa shape index (κ1) is 11.2. The smallest absolute Gasteiger partial charge is 0.396 e. The SMILES string of the molecule is COC(=O)C(=O)Nc1ccc(C)nc1C. The third kappa shape index (κ3) is 2.77. The Bertz CT molecular complexity index is 402. The van der Waals surface area contributed by atoms with Crippen LogP contribution in [-0.4, -0.2) is 24.0 Å². The molecule has 5 heteroatoms. The zero-order valence-corrected chi connectivity index (χ0v) is 8.83. The van der Waals surface area contributed by atoms with Gasteiger partial charge in [-0.15, -0.1) is 0 Å². The van der Waals surface area contributed by atoms with Gasteiger partial charge in [0.25, 0.3) is 0 Å². The molecule has 0 spiro atoms. The fraction of sp³-hybridized carbons (Fsp3) is 0.300. The predicted octanol–water partition coefficient (Wildman–Crippen LogP) is 0.810. The number of anilines is 1. The molecule has 1 aromatic heterocycles. The van der Waals surface area contributed by atoms with E-state index in [9.17, 15) is 9.59 Å². The van der Waals surface area contributed by atoms with Gasteiger partial charge >= 0.3 is 11.9 Å². The summed E-state index contributed by atoms with van der Waals surface area (Å²) >= 11 is 0. The first-order valence-electron chi connectivity index (χ1n) is 4.38. The molecule has 0 radical (unpaired) electrons. The average Bonchev–Trinajstić information content (AvgIpc) is 2.20. The van der Waals surface area contributed by atoms with Gasteiger partial charge in [0.15, 0.2) is 0 Å². The van der Waals surface area contributed by atoms with Crippen LogP contribution in [0, 0.1) is 13.8 Å². The molecule has 0 atom stereocenters. The lowest BCUT2D eigenvalue weighted by atomic mass is 10.2. The summed E-state index contributed by atoms with van der Waals surface area (Å²) in [7, 11) is 1.15. The van der Waals surface area contributed by atoms with Crippen LogP contribution >= 0.6 is 0 Å². The first-order valence-corrected chi connectivity index (χ1v) is 4.38. The number of carbonyl (C=O) groups excluding carboxylic acids is 2. The normalized spacial score (nSPS) is 9.53. The Morgan fingerprint density at radius 1 is 1.33 bits per heavy atom. The summed E-state index contributed by atoms with van der Waals surface area (Å²) in [6, 6.07) is 3.44. The zero-order valence-electron chi connectivity index (χ0n) is 8.83. The maximum atomic E-state index is 11.2. The number of ether oxygens (including phenoxy) is 1. The molecule has 0 saturated carbocycles. The number of hydrogen-bond donors (Lipinski definition) is 1. The lowest BCUT2D eigenvalue weighted by molar-refractivity contribution is -0.150. The van der Waals surface area contributed by atoms with Crippen LogP contribution in [0.2, 0.25) is 0 Å². The van der Waals surface area contributed by atoms with Crippen LogP contribution in [0.4, 0.5) is 5.69 Å². The molecule has 1 aromatic rings. The van der Waals surface area contributed by atoms with Crippen molar-refractivity contribution in [2.24, 2.45) is 0 Å². The lowest BCUT2D eigenvalue weighted by Crippen LogP contribution is -2.24. The fourth-order valence-corrected chi connectivity index (χ4v) is 1.08. The van der Waals surface area contributed by atoms with E-state index in [1.165, 1.54) is 0 Å². The maximum absolute atomic E-state index is 11.2. The minimum atomic E-state index is -0.921. The molecule has 15 heavy (non-hydrogen) atoms. The highest BCUT2D eigenvalue weighted by Gasteiger charge is 2.14. The van der Waals surface area contributed by atoms with Gasteiger partial charge < -0.3 is 10.1 Å². The van der Waals surface area contributed by atoms with E-state index in [0.29, 0.717) is 11.4 Å². The molecule has 0 unspecified atom stereocenters. The molecular weight excluding hydrogens is 196 g/mol. The molecule has 5 nitrogen and oxygen atoms in total. The van der Waals surface area contributed by atoms with Crippen LogP contribution in [0.1, 0.15) is 11.4 Å². The summed E-state index contributed by atoms with van der Waals surface area (Å²) in [5.41, 5.74) is 2.02. The van der Waals surface area contributed by atoms with E-state index < -0.39 is 11.9 Å². The van der Waals surface area contributed by atoms with E-state index in [-0.39, 0.29) is 0 Å². The molecule has 1 N–H and O–H groups in total. The number of rotatable bonds is 1. The van der Waals surface area contributed by atoms with Gasteiger partial charge in [-0.2, -0.15) is 0 Å². The van der Waals surface area contributed by atoms with Crippen molar-refractivity contribution in [3.63, 3.8) is 0 Å². The van der Waals surface area contributed by atoms with Gasteiger partial charge in [0, 0.05) is 5.69 Å². The second kappa shape index (κ2) is 4.54. The van der Waals surface area contributed by atoms with Crippen LogP contribution in [0.5, 0.6) is 0 Å². The number of pyridine rings is 1. The Kier molecular flexibility index (Phi) is 3.38.